The molecular formula is C14H28. The molecule has 0 aromatic carbocycles. The fraction of sp³-hybridized carbons (Fsp3) is 1.00. The Hall–Kier alpha value is 0. The number of rotatable bonds is 3. The molecule has 0 aromatic heterocycles. The van der Waals surface area contributed by atoms with Crippen molar-refractivity contribution in [3.63, 3.8) is 0 Å². The van der Waals surface area contributed by atoms with E-state index in [9.17, 15) is 0 Å². The Balaban J connectivity index is 2.70. The third-order valence-electron chi connectivity index (χ3n) is 5.12. The van der Waals surface area contributed by atoms with E-state index in [4.69, 9.17) is 0 Å². The van der Waals surface area contributed by atoms with Crippen LogP contribution in [0.2, 0.25) is 0 Å². The van der Waals surface area contributed by atoms with Crippen LogP contribution in [0.15, 0.2) is 0 Å². The molecule has 14 heavy (non-hydrogen) atoms. The average Bonchev–Trinajstić information content (AvgIpc) is 2.18. The molecule has 0 aliphatic heterocycles. The molecule has 1 fully saturated rings. The van der Waals surface area contributed by atoms with Gasteiger partial charge in [0.25, 0.3) is 0 Å². The molecule has 0 N–H and O–H groups in total. The van der Waals surface area contributed by atoms with Crippen LogP contribution in [-0.2, 0) is 0 Å². The van der Waals surface area contributed by atoms with Crippen LogP contribution in [0.1, 0.15) is 73.1 Å². The van der Waals surface area contributed by atoms with Crippen LogP contribution in [0.4, 0.5) is 0 Å². The molecule has 0 bridgehead atoms. The predicted molar refractivity (Wildman–Crippen MR) is 64.4 cm³/mol. The van der Waals surface area contributed by atoms with Crippen LogP contribution in [0.25, 0.3) is 0 Å². The zero-order valence-corrected chi connectivity index (χ0v) is 10.8. The molecule has 0 saturated heterocycles. The monoisotopic (exact) mass is 196 g/mol. The van der Waals surface area contributed by atoms with Gasteiger partial charge >= 0.3 is 0 Å². The van der Waals surface area contributed by atoms with Crippen molar-refractivity contribution in [1.29, 1.82) is 0 Å². The summed E-state index contributed by atoms with van der Waals surface area (Å²) in [5.41, 5.74) is 1.14. The highest BCUT2D eigenvalue weighted by Crippen LogP contribution is 2.49. The Labute approximate surface area is 90.5 Å². The van der Waals surface area contributed by atoms with Gasteiger partial charge in [-0.25, -0.2) is 0 Å². The third-order valence-corrected chi connectivity index (χ3v) is 5.12. The molecule has 0 spiro atoms. The van der Waals surface area contributed by atoms with Gasteiger partial charge in [0.05, 0.1) is 0 Å². The van der Waals surface area contributed by atoms with Gasteiger partial charge in [-0.1, -0.05) is 60.3 Å². The number of hydrogen-bond acceptors (Lipinski definition) is 0. The van der Waals surface area contributed by atoms with Crippen molar-refractivity contribution in [2.45, 2.75) is 73.1 Å². The summed E-state index contributed by atoms with van der Waals surface area (Å²) >= 11 is 0. The van der Waals surface area contributed by atoms with Crippen molar-refractivity contribution in [1.82, 2.24) is 0 Å². The van der Waals surface area contributed by atoms with Crippen LogP contribution >= 0.6 is 0 Å². The normalized spacial score (nSPS) is 24.6. The highest BCUT2D eigenvalue weighted by atomic mass is 14.4. The lowest BCUT2D eigenvalue weighted by Crippen LogP contribution is -2.37. The Kier molecular flexibility index (Phi) is 3.66. The average molecular weight is 196 g/mol. The lowest BCUT2D eigenvalue weighted by Gasteiger charge is -2.46. The summed E-state index contributed by atoms with van der Waals surface area (Å²) in [4.78, 5) is 0. The molecule has 84 valence electrons. The van der Waals surface area contributed by atoms with E-state index in [0.717, 1.165) is 5.92 Å². The molecule has 1 atom stereocenters. The highest BCUT2D eigenvalue weighted by Gasteiger charge is 2.39. The molecule has 1 saturated carbocycles. The maximum absolute atomic E-state index is 2.52. The Morgan fingerprint density at radius 1 is 1.14 bits per heavy atom. The maximum Gasteiger partial charge on any atom is -0.0295 e. The highest BCUT2D eigenvalue weighted by molar-refractivity contribution is 4.90. The molecule has 0 heteroatoms. The van der Waals surface area contributed by atoms with Gasteiger partial charge in [-0.15, -0.1) is 0 Å². The zero-order valence-electron chi connectivity index (χ0n) is 10.8. The summed E-state index contributed by atoms with van der Waals surface area (Å²) in [6.45, 7) is 12.2. The first-order valence-corrected chi connectivity index (χ1v) is 6.42. The minimum absolute atomic E-state index is 0.520. The molecule has 0 radical (unpaired) electrons. The quantitative estimate of drug-likeness (QED) is 0.594. The van der Waals surface area contributed by atoms with Crippen molar-refractivity contribution in [3.05, 3.63) is 0 Å². The lowest BCUT2D eigenvalue weighted by molar-refractivity contribution is 0.0364. The summed E-state index contributed by atoms with van der Waals surface area (Å²) < 4.78 is 0. The van der Waals surface area contributed by atoms with E-state index in [1.807, 2.05) is 0 Å². The second-order valence-electron chi connectivity index (χ2n) is 6.28. The third kappa shape index (κ3) is 2.32. The van der Waals surface area contributed by atoms with Gasteiger partial charge in [0, 0.05) is 0 Å². The van der Waals surface area contributed by atoms with E-state index in [-0.39, 0.29) is 0 Å². The molecule has 0 aromatic rings. The van der Waals surface area contributed by atoms with Crippen molar-refractivity contribution in [2.75, 3.05) is 0 Å². The van der Waals surface area contributed by atoms with E-state index < -0.39 is 0 Å². The Morgan fingerprint density at radius 2 is 1.64 bits per heavy atom. The molecule has 1 rings (SSSR count). The summed E-state index contributed by atoms with van der Waals surface area (Å²) in [5.74, 6) is 0.861. The fourth-order valence-electron chi connectivity index (χ4n) is 3.04. The van der Waals surface area contributed by atoms with Crippen molar-refractivity contribution in [2.24, 2.45) is 16.7 Å². The van der Waals surface area contributed by atoms with Crippen LogP contribution in [-0.4, -0.2) is 0 Å². The minimum Gasteiger partial charge on any atom is -0.0649 e. The second kappa shape index (κ2) is 4.24. The van der Waals surface area contributed by atoms with Crippen LogP contribution < -0.4 is 0 Å². The molecule has 0 amide bonds. The van der Waals surface area contributed by atoms with E-state index >= 15 is 0 Å². The molecule has 0 heterocycles. The Morgan fingerprint density at radius 3 is 2.07 bits per heavy atom. The smallest absolute Gasteiger partial charge is 0.0295 e. The molecule has 1 aliphatic carbocycles. The zero-order chi connectivity index (χ0) is 10.8. The van der Waals surface area contributed by atoms with Crippen LogP contribution in [0.3, 0.4) is 0 Å². The topological polar surface area (TPSA) is 0 Å². The summed E-state index contributed by atoms with van der Waals surface area (Å²) in [6.07, 6.45) is 8.61. The molecule has 0 nitrogen and oxygen atoms in total. The van der Waals surface area contributed by atoms with E-state index in [0.29, 0.717) is 10.8 Å². The van der Waals surface area contributed by atoms with Gasteiger partial charge in [-0.3, -0.25) is 0 Å². The maximum atomic E-state index is 2.52. The molecule has 1 unspecified atom stereocenters. The second-order valence-corrected chi connectivity index (χ2v) is 6.28. The van der Waals surface area contributed by atoms with Gasteiger partial charge in [0.15, 0.2) is 0 Å². The van der Waals surface area contributed by atoms with E-state index in [1.54, 1.807) is 0 Å². The summed E-state index contributed by atoms with van der Waals surface area (Å²) in [7, 11) is 0. The standard InChI is InChI=1S/C14H28/c1-6-13(3,4)12(2)14(5)10-8-7-9-11-14/h12H,6-11H2,1-5H3. The molecule has 1 aliphatic rings. The largest absolute Gasteiger partial charge is 0.0649 e. The SMILES string of the molecule is CCC(C)(C)C(C)C1(C)CCCCC1. The van der Waals surface area contributed by atoms with Gasteiger partial charge in [-0.2, -0.15) is 0 Å². The number of hydrogen-bond donors (Lipinski definition) is 0. The first kappa shape index (κ1) is 12.1. The van der Waals surface area contributed by atoms with Crippen molar-refractivity contribution in [3.8, 4) is 0 Å². The first-order chi connectivity index (χ1) is 6.42. The van der Waals surface area contributed by atoms with Crippen LogP contribution in [0, 0.1) is 16.7 Å². The van der Waals surface area contributed by atoms with Crippen molar-refractivity contribution < 1.29 is 0 Å². The predicted octanol–water partition coefficient (Wildman–Crippen LogP) is 5.03. The summed E-state index contributed by atoms with van der Waals surface area (Å²) in [6, 6.07) is 0. The van der Waals surface area contributed by atoms with Gasteiger partial charge in [-0.05, 0) is 29.6 Å². The van der Waals surface area contributed by atoms with Crippen LogP contribution in [0.5, 0.6) is 0 Å². The Bertz CT molecular complexity index is 172. The van der Waals surface area contributed by atoms with Gasteiger partial charge in [0.2, 0.25) is 0 Å². The minimum atomic E-state index is 0.520. The molecular weight excluding hydrogens is 168 g/mol. The first-order valence-electron chi connectivity index (χ1n) is 6.42. The van der Waals surface area contributed by atoms with Crippen molar-refractivity contribution >= 4 is 0 Å². The summed E-state index contributed by atoms with van der Waals surface area (Å²) in [5, 5.41) is 0. The van der Waals surface area contributed by atoms with Gasteiger partial charge in [0.1, 0.15) is 0 Å². The fourth-order valence-corrected chi connectivity index (χ4v) is 3.04. The van der Waals surface area contributed by atoms with E-state index in [1.165, 1.54) is 38.5 Å². The van der Waals surface area contributed by atoms with Gasteiger partial charge < -0.3 is 0 Å². The van der Waals surface area contributed by atoms with E-state index in [2.05, 4.69) is 34.6 Å². The lowest BCUT2D eigenvalue weighted by atomic mass is 9.59.